The molecular formula is C16H28O3. The van der Waals surface area contributed by atoms with Crippen molar-refractivity contribution in [2.45, 2.75) is 78.1 Å². The maximum absolute atomic E-state index is 11.5. The molecule has 0 atom stereocenters. The molecule has 3 nitrogen and oxygen atoms in total. The molecule has 0 aliphatic carbocycles. The number of esters is 1. The van der Waals surface area contributed by atoms with Gasteiger partial charge in [0.25, 0.3) is 0 Å². The number of carbonyl (C=O) groups is 2. The molecule has 0 aliphatic rings. The molecule has 0 saturated carbocycles. The summed E-state index contributed by atoms with van der Waals surface area (Å²) in [4.78, 5) is 22.8. The topological polar surface area (TPSA) is 43.4 Å². The number of allylic oxidation sites excluding steroid dienone is 1. The first kappa shape index (κ1) is 17.9. The number of hydrogen-bond acceptors (Lipinski definition) is 3. The summed E-state index contributed by atoms with van der Waals surface area (Å²) in [6, 6.07) is 0. The van der Waals surface area contributed by atoms with E-state index >= 15 is 0 Å². The lowest BCUT2D eigenvalue weighted by atomic mass is 10.1. The molecule has 0 aromatic heterocycles. The minimum atomic E-state index is -0.438. The van der Waals surface area contributed by atoms with Crippen molar-refractivity contribution in [2.24, 2.45) is 0 Å². The largest absolute Gasteiger partial charge is 0.435 e. The van der Waals surface area contributed by atoms with Crippen molar-refractivity contribution in [3.8, 4) is 0 Å². The predicted octanol–water partition coefficient (Wildman–Crippen LogP) is 4.55. The fourth-order valence-electron chi connectivity index (χ4n) is 1.74. The monoisotopic (exact) mass is 268 g/mol. The van der Waals surface area contributed by atoms with E-state index in [4.69, 9.17) is 4.74 Å². The van der Waals surface area contributed by atoms with E-state index in [9.17, 15) is 9.59 Å². The molecule has 0 unspecified atom stereocenters. The highest BCUT2D eigenvalue weighted by Crippen LogP contribution is 2.05. The van der Waals surface area contributed by atoms with Gasteiger partial charge in [-0.2, -0.15) is 0 Å². The number of hydrogen-bond donors (Lipinski definition) is 0. The van der Waals surface area contributed by atoms with Crippen LogP contribution in [-0.4, -0.2) is 11.8 Å². The van der Waals surface area contributed by atoms with Gasteiger partial charge in [0.05, 0.1) is 6.26 Å². The molecule has 0 aromatic rings. The summed E-state index contributed by atoms with van der Waals surface area (Å²) in [6.45, 7) is 4.28. The Morgan fingerprint density at radius 2 is 1.63 bits per heavy atom. The summed E-state index contributed by atoms with van der Waals surface area (Å²) in [5.41, 5.74) is 0. The van der Waals surface area contributed by atoms with Gasteiger partial charge in [-0.05, 0) is 25.3 Å². The van der Waals surface area contributed by atoms with Gasteiger partial charge in [-0.3, -0.25) is 9.59 Å². The Labute approximate surface area is 117 Å². The Balaban J connectivity index is 3.53. The van der Waals surface area contributed by atoms with Gasteiger partial charge in [0.15, 0.2) is 0 Å². The first-order valence-electron chi connectivity index (χ1n) is 7.56. The summed E-state index contributed by atoms with van der Waals surface area (Å²) in [5, 5.41) is 0. The van der Waals surface area contributed by atoms with Gasteiger partial charge in [-0.15, -0.1) is 0 Å². The van der Waals surface area contributed by atoms with Crippen molar-refractivity contribution in [2.75, 3.05) is 0 Å². The van der Waals surface area contributed by atoms with Crippen molar-refractivity contribution < 1.29 is 14.3 Å². The molecule has 0 bridgehead atoms. The molecule has 110 valence electrons. The van der Waals surface area contributed by atoms with E-state index < -0.39 is 5.97 Å². The lowest BCUT2D eigenvalue weighted by Gasteiger charge is -2.00. The number of Topliss-reactive ketones (excluding diaryl/α,β-unsaturated/α-hetero) is 1. The zero-order valence-corrected chi connectivity index (χ0v) is 12.5. The maximum atomic E-state index is 11.5. The van der Waals surface area contributed by atoms with Crippen LogP contribution in [0.25, 0.3) is 0 Å². The van der Waals surface area contributed by atoms with E-state index in [2.05, 4.69) is 13.8 Å². The number of unbranched alkanes of at least 4 members (excludes halogenated alkanes) is 6. The second-order valence-corrected chi connectivity index (χ2v) is 4.88. The second-order valence-electron chi connectivity index (χ2n) is 4.88. The van der Waals surface area contributed by atoms with Crippen LogP contribution < -0.4 is 0 Å². The van der Waals surface area contributed by atoms with E-state index in [1.807, 2.05) is 6.08 Å². The second kappa shape index (κ2) is 13.3. The molecule has 0 aliphatic heterocycles. The molecule has 0 saturated heterocycles. The molecule has 0 N–H and O–H groups in total. The smallest absolute Gasteiger partial charge is 0.318 e. The third kappa shape index (κ3) is 13.1. The predicted molar refractivity (Wildman–Crippen MR) is 77.8 cm³/mol. The van der Waals surface area contributed by atoms with Crippen LogP contribution >= 0.6 is 0 Å². The van der Waals surface area contributed by atoms with Gasteiger partial charge < -0.3 is 4.74 Å². The Hall–Kier alpha value is -1.12. The molecule has 0 radical (unpaired) electrons. The van der Waals surface area contributed by atoms with Gasteiger partial charge in [0, 0.05) is 6.42 Å². The van der Waals surface area contributed by atoms with Crippen LogP contribution in [0.15, 0.2) is 12.3 Å². The quantitative estimate of drug-likeness (QED) is 0.226. The molecule has 0 fully saturated rings. The fourth-order valence-corrected chi connectivity index (χ4v) is 1.74. The van der Waals surface area contributed by atoms with Crippen LogP contribution in [0.4, 0.5) is 0 Å². The van der Waals surface area contributed by atoms with Crippen molar-refractivity contribution >= 4 is 11.8 Å². The molecule has 0 spiro atoms. The highest BCUT2D eigenvalue weighted by atomic mass is 16.5. The average Bonchev–Trinajstić information content (AvgIpc) is 2.39. The molecule has 0 rings (SSSR count). The molecule has 19 heavy (non-hydrogen) atoms. The summed E-state index contributed by atoms with van der Waals surface area (Å²) in [7, 11) is 0. The lowest BCUT2D eigenvalue weighted by molar-refractivity contribution is -0.141. The minimum absolute atomic E-state index is 0.0134. The summed E-state index contributed by atoms with van der Waals surface area (Å²) in [6.07, 6.45) is 12.3. The van der Waals surface area contributed by atoms with E-state index in [-0.39, 0.29) is 12.2 Å². The van der Waals surface area contributed by atoms with Crippen LogP contribution in [0.2, 0.25) is 0 Å². The standard InChI is InChI=1S/C16H28O3/c1-3-5-7-9-11-13-19-16(18)14-15(17)12-10-8-6-4-2/h11,13H,3-10,12,14H2,1-2H3. The molecule has 0 aromatic carbocycles. The van der Waals surface area contributed by atoms with E-state index in [0.29, 0.717) is 6.42 Å². The third-order valence-electron chi connectivity index (χ3n) is 2.92. The minimum Gasteiger partial charge on any atom is -0.435 e. The van der Waals surface area contributed by atoms with Crippen LogP contribution in [0.5, 0.6) is 0 Å². The number of carbonyl (C=O) groups excluding carboxylic acids is 2. The van der Waals surface area contributed by atoms with Crippen LogP contribution in [-0.2, 0) is 14.3 Å². The highest BCUT2D eigenvalue weighted by molar-refractivity contribution is 5.95. The fraction of sp³-hybridized carbons (Fsp3) is 0.750. The molecule has 3 heteroatoms. The Morgan fingerprint density at radius 1 is 0.947 bits per heavy atom. The number of ketones is 1. The Morgan fingerprint density at radius 3 is 2.32 bits per heavy atom. The van der Waals surface area contributed by atoms with E-state index in [1.165, 1.54) is 19.1 Å². The zero-order chi connectivity index (χ0) is 14.3. The Kier molecular flexibility index (Phi) is 12.5. The van der Waals surface area contributed by atoms with Crippen LogP contribution in [0, 0.1) is 0 Å². The van der Waals surface area contributed by atoms with Gasteiger partial charge in [0.1, 0.15) is 12.2 Å². The number of ether oxygens (including phenoxy) is 1. The van der Waals surface area contributed by atoms with Crippen LogP contribution in [0.3, 0.4) is 0 Å². The SMILES string of the molecule is CCCCCC=COC(=O)CC(=O)CCCCCC. The zero-order valence-electron chi connectivity index (χ0n) is 12.5. The normalized spacial score (nSPS) is 10.8. The van der Waals surface area contributed by atoms with Crippen molar-refractivity contribution in [1.29, 1.82) is 0 Å². The lowest BCUT2D eigenvalue weighted by Crippen LogP contribution is -2.08. The van der Waals surface area contributed by atoms with Crippen molar-refractivity contribution in [3.05, 3.63) is 12.3 Å². The summed E-state index contributed by atoms with van der Waals surface area (Å²) < 4.78 is 4.88. The van der Waals surface area contributed by atoms with E-state index in [0.717, 1.165) is 38.5 Å². The van der Waals surface area contributed by atoms with E-state index in [1.54, 1.807) is 0 Å². The first-order chi connectivity index (χ1) is 9.20. The highest BCUT2D eigenvalue weighted by Gasteiger charge is 2.09. The molecule has 0 heterocycles. The third-order valence-corrected chi connectivity index (χ3v) is 2.92. The first-order valence-corrected chi connectivity index (χ1v) is 7.56. The van der Waals surface area contributed by atoms with Gasteiger partial charge in [0.2, 0.25) is 0 Å². The van der Waals surface area contributed by atoms with Crippen molar-refractivity contribution in [1.82, 2.24) is 0 Å². The van der Waals surface area contributed by atoms with Gasteiger partial charge >= 0.3 is 5.97 Å². The summed E-state index contributed by atoms with van der Waals surface area (Å²) in [5.74, 6) is -0.451. The van der Waals surface area contributed by atoms with Gasteiger partial charge in [-0.25, -0.2) is 0 Å². The maximum Gasteiger partial charge on any atom is 0.318 e. The molecular weight excluding hydrogens is 240 g/mol. The van der Waals surface area contributed by atoms with Gasteiger partial charge in [-0.1, -0.05) is 46.0 Å². The number of rotatable bonds is 12. The van der Waals surface area contributed by atoms with Crippen LogP contribution in [0.1, 0.15) is 78.1 Å². The average molecular weight is 268 g/mol. The summed E-state index contributed by atoms with van der Waals surface area (Å²) >= 11 is 0. The van der Waals surface area contributed by atoms with Crippen molar-refractivity contribution in [3.63, 3.8) is 0 Å². The Bertz CT molecular complexity index is 269. The molecule has 0 amide bonds.